The van der Waals surface area contributed by atoms with Gasteiger partial charge in [-0.3, -0.25) is 4.79 Å². The van der Waals surface area contributed by atoms with Gasteiger partial charge in [0.05, 0.1) is 6.26 Å². The quantitative estimate of drug-likeness (QED) is 0.0584. The van der Waals surface area contributed by atoms with E-state index in [1.165, 1.54) is 418 Å². The summed E-state index contributed by atoms with van der Waals surface area (Å²) in [4.78, 5) is 35.9. The number of piperazine rings is 1. The average molecular weight is 2120 g/mol. The minimum atomic E-state index is -2.98. The minimum Gasteiger partial charge on any atom is -0.384 e. The zero-order valence-corrected chi connectivity index (χ0v) is 110. The Kier molecular flexibility index (Phi) is 104. The van der Waals surface area contributed by atoms with E-state index in [2.05, 4.69) is 285 Å². The first-order valence-electron chi connectivity index (χ1n) is 64.8. The number of nitrogens with one attached hydrogen (secondary N) is 1. The van der Waals surface area contributed by atoms with Crippen LogP contribution in [0.1, 0.15) is 511 Å². The van der Waals surface area contributed by atoms with Crippen LogP contribution in [-0.4, -0.2) is 304 Å². The van der Waals surface area contributed by atoms with Crippen molar-refractivity contribution >= 4 is 15.9 Å². The van der Waals surface area contributed by atoms with Crippen molar-refractivity contribution in [3.63, 3.8) is 0 Å². The summed E-state index contributed by atoms with van der Waals surface area (Å²) in [6.07, 6.45) is 61.9. The molecule has 2 heterocycles. The molecular weight excluding hydrogens is 1840 g/mol. The predicted octanol–water partition coefficient (Wildman–Crippen LogP) is 32.9. The third-order valence-corrected chi connectivity index (χ3v) is 32.5. The van der Waals surface area contributed by atoms with Crippen molar-refractivity contribution in [3.05, 3.63) is 0 Å². The van der Waals surface area contributed by atoms with E-state index in [-0.39, 0.29) is 11.4 Å². The molecule has 7 fully saturated rings. The fraction of sp³-hybridized carbons (Fsp3) is 0.992. The fourth-order valence-corrected chi connectivity index (χ4v) is 20.5. The van der Waals surface area contributed by atoms with E-state index < -0.39 is 10.0 Å². The van der Waals surface area contributed by atoms with Gasteiger partial charge >= 0.3 is 0 Å². The molecule has 5 saturated carbocycles. The van der Waals surface area contributed by atoms with Gasteiger partial charge in [0.25, 0.3) is 0 Å². The number of rotatable bonds is 74. The number of hydrogen-bond donors (Lipinski definition) is 1. The zero-order chi connectivity index (χ0) is 113. The van der Waals surface area contributed by atoms with Crippen molar-refractivity contribution in [2.45, 2.75) is 523 Å². The summed E-state index contributed by atoms with van der Waals surface area (Å²) in [7, 11) is 7.87. The van der Waals surface area contributed by atoms with E-state index in [9.17, 15) is 13.2 Å². The molecule has 16 nitrogen and oxygen atoms in total. The largest absolute Gasteiger partial charge is 0.384 e. The molecule has 7 aliphatic rings. The molecule has 2 atom stereocenters. The summed E-state index contributed by atoms with van der Waals surface area (Å²) in [6.45, 7) is 108. The fourth-order valence-electron chi connectivity index (χ4n) is 19.6. The Morgan fingerprint density at radius 3 is 0.973 bits per heavy atom. The van der Waals surface area contributed by atoms with Gasteiger partial charge in [-0.15, -0.1) is 0 Å². The standard InChI is InChI=1S/C14H29NO.C14H29N.C13H27N.C12H26N2.2C12H25N.C11H23NO.C11H23N.2C11H25N.C10H23NO2S/c1-12(2)14(11-16-4)6-5-9-15(3)10-13-7-8-13;1-5-14(12(2)3)7-6-10-15(4)11-13-8-9-13;1-4-14(11-13-8-9-13)10-6-5-7-12(2)3;1-12(2)6-4-5-7-14-10-8-13(3)9-11-14;1-11(2)6-4-5-9-13(3)10-12-7-8-12;1-4-13(12-8-9-12)10-6-5-7-11(2)3;1-5-12(11(4)13)9-7-6-8-10(2)3;1-11(2)7-3-4-8-12-9-5-6-10-12;1-10(2)8-6-7-9-12-11(3,4)5;1-5-12(6-2)10-8-7-9-11(3)4;1-5-11(14(4,12)13)9-7-6-8-10(2)3/h12-14H,5-11H2,1-4H3;12-14H,5-11H2,1-4H3;12-13H,4-11H2,1-3H3;12H,4-11H2,1-3H3;2*11-12H,4-10H2,1-3H3;10H,5-9H2,1-4H3;11H,3-10H2,1-2H3;10,12H,6-9H2,1-5H3;11H,5-10H2,1-4H3;10H,5-9H2,1-4H3. The maximum atomic E-state index is 11.2. The number of sulfonamides is 1. The van der Waals surface area contributed by atoms with Gasteiger partial charge in [-0.05, 0) is 415 Å². The molecule has 1 amide bonds. The second-order valence-corrected chi connectivity index (χ2v) is 55.2. The van der Waals surface area contributed by atoms with Crippen LogP contribution in [0.5, 0.6) is 0 Å². The lowest BCUT2D eigenvalue weighted by Crippen LogP contribution is -2.44. The van der Waals surface area contributed by atoms with E-state index in [0.29, 0.717) is 19.0 Å². The number of carbonyl (C=O) groups is 1. The number of methoxy groups -OCH3 is 1. The number of nitrogens with zero attached hydrogens (tertiary/aromatic N) is 11. The van der Waals surface area contributed by atoms with Gasteiger partial charge in [-0.25, -0.2) is 12.7 Å². The second kappa shape index (κ2) is 100. The Morgan fingerprint density at radius 2 is 0.669 bits per heavy atom. The summed E-state index contributed by atoms with van der Waals surface area (Å²) >= 11 is 0. The summed E-state index contributed by atoms with van der Waals surface area (Å²) in [5.41, 5.74) is 0.290. The van der Waals surface area contributed by atoms with Gasteiger partial charge in [0, 0.05) is 111 Å². The normalized spacial score (nSPS) is 16.1. The monoisotopic (exact) mass is 2120 g/mol. The molecule has 17 heteroatoms. The highest BCUT2D eigenvalue weighted by molar-refractivity contribution is 7.88. The van der Waals surface area contributed by atoms with Crippen LogP contribution in [0, 0.1) is 101 Å². The Morgan fingerprint density at radius 1 is 0.351 bits per heavy atom. The summed E-state index contributed by atoms with van der Waals surface area (Å²) < 4.78 is 29.3. The van der Waals surface area contributed by atoms with Gasteiger partial charge in [0.15, 0.2) is 0 Å². The molecule has 7 rings (SSSR count). The van der Waals surface area contributed by atoms with Crippen LogP contribution < -0.4 is 5.32 Å². The van der Waals surface area contributed by atoms with Crippen molar-refractivity contribution < 1.29 is 17.9 Å². The first-order valence-corrected chi connectivity index (χ1v) is 66.6. The number of ether oxygens (including phenoxy) is 1. The molecular formula is C131H280N12O4S. The number of likely N-dealkylation sites (tertiary alicyclic amines) is 1. The highest BCUT2D eigenvalue weighted by atomic mass is 32.2. The Bertz CT molecular complexity index is 2820. The second-order valence-electron chi connectivity index (χ2n) is 53.2. The van der Waals surface area contributed by atoms with Crippen LogP contribution >= 0.6 is 0 Å². The van der Waals surface area contributed by atoms with E-state index in [1.807, 2.05) is 25.9 Å². The molecule has 5 aliphatic carbocycles. The van der Waals surface area contributed by atoms with E-state index >= 15 is 0 Å². The van der Waals surface area contributed by atoms with Gasteiger partial charge in [-0.1, -0.05) is 316 Å². The van der Waals surface area contributed by atoms with Crippen LogP contribution in [0.4, 0.5) is 0 Å². The molecule has 0 aromatic heterocycles. The van der Waals surface area contributed by atoms with E-state index in [4.69, 9.17) is 4.74 Å². The van der Waals surface area contributed by atoms with Gasteiger partial charge in [-0.2, -0.15) is 0 Å². The van der Waals surface area contributed by atoms with Crippen LogP contribution in [0.25, 0.3) is 0 Å². The molecule has 894 valence electrons. The van der Waals surface area contributed by atoms with Crippen LogP contribution in [0.15, 0.2) is 0 Å². The molecule has 1 N–H and O–H groups in total. The van der Waals surface area contributed by atoms with Crippen LogP contribution in [0.3, 0.4) is 0 Å². The highest BCUT2D eigenvalue weighted by Gasteiger charge is 2.29. The zero-order valence-electron chi connectivity index (χ0n) is 109. The predicted molar refractivity (Wildman–Crippen MR) is 666 cm³/mol. The summed E-state index contributed by atoms with van der Waals surface area (Å²) in [5, 5.41) is 3.50. The van der Waals surface area contributed by atoms with Gasteiger partial charge < -0.3 is 59.1 Å². The number of amides is 1. The first kappa shape index (κ1) is 153. The SMILES string of the molecule is CC(C)CCCCN(C)CC1CC1.CC(C)CCCCN1CCCC1.CC(C)CCCCN1CCN(C)CC1.CC(C)CCCCNC(C)(C)C.CCC(CCCN(C)CC1CC1)C(C)C.CCN(CC)CCCCC(C)C.CCN(CCCCC(C)C)C(C)=O.CCN(CCCCC(C)C)C1CC1.CCN(CCCCC(C)C)CC1CC1.CCN(CCCCC(C)C)S(C)(=O)=O.COCC(CCCN(C)CC1CC1)C(C)C. The van der Waals surface area contributed by atoms with Crippen molar-refractivity contribution in [2.24, 2.45) is 101 Å². The Hall–Kier alpha value is -1.06. The maximum Gasteiger partial charge on any atom is 0.219 e. The summed E-state index contributed by atoms with van der Waals surface area (Å²) in [5.74, 6) is 15.3. The first-order chi connectivity index (χ1) is 69.9. The lowest BCUT2D eigenvalue weighted by atomic mass is 9.89. The molecule has 0 bridgehead atoms. The third-order valence-electron chi connectivity index (χ3n) is 31.1. The number of hydrogen-bond acceptors (Lipinski definition) is 14. The third kappa shape index (κ3) is 113. The van der Waals surface area contributed by atoms with E-state index in [1.54, 1.807) is 6.92 Å². The van der Waals surface area contributed by atoms with Crippen LogP contribution in [0.2, 0.25) is 0 Å². The average Bonchev–Trinajstić information content (AvgIpc) is 1.65. The molecule has 0 radical (unpaired) electrons. The Balaban J connectivity index is -0.000000771. The minimum absolute atomic E-state index is 0.201. The van der Waals surface area contributed by atoms with Crippen molar-refractivity contribution in [1.29, 1.82) is 0 Å². The molecule has 0 aromatic rings. The maximum absolute atomic E-state index is 11.2. The molecule has 148 heavy (non-hydrogen) atoms. The van der Waals surface area contributed by atoms with Crippen molar-refractivity contribution in [1.82, 2.24) is 58.6 Å². The molecule has 0 spiro atoms. The van der Waals surface area contributed by atoms with Gasteiger partial charge in [0.2, 0.25) is 15.9 Å². The van der Waals surface area contributed by atoms with Crippen molar-refractivity contribution in [3.8, 4) is 0 Å². The number of unbranched alkanes of at least 4 members (excludes halogenated alkanes) is 9. The van der Waals surface area contributed by atoms with E-state index in [0.717, 1.165) is 146 Å². The van der Waals surface area contributed by atoms with Crippen LogP contribution in [-0.2, 0) is 19.6 Å². The van der Waals surface area contributed by atoms with Crippen molar-refractivity contribution in [2.75, 3.05) is 225 Å². The Labute approximate surface area is 934 Å². The lowest BCUT2D eigenvalue weighted by Gasteiger charge is -2.32. The topological polar surface area (TPSA) is 108 Å². The molecule has 0 aromatic carbocycles. The number of likely N-dealkylation sites (N-methyl/N-ethyl adjacent to an activating group) is 1. The lowest BCUT2D eigenvalue weighted by molar-refractivity contribution is -0.128. The molecule has 2 unspecified atom stereocenters. The smallest absolute Gasteiger partial charge is 0.219 e. The molecule has 2 saturated heterocycles. The van der Waals surface area contributed by atoms with Gasteiger partial charge in [0.1, 0.15) is 0 Å². The molecule has 2 aliphatic heterocycles. The summed E-state index contributed by atoms with van der Waals surface area (Å²) in [6, 6.07) is 0.962. The number of carbonyl (C=O) groups excluding carboxylic acids is 1. The highest BCUT2D eigenvalue weighted by Crippen LogP contribution is 2.34.